The van der Waals surface area contributed by atoms with Gasteiger partial charge < -0.3 is 4.55 Å². The van der Waals surface area contributed by atoms with E-state index in [4.69, 9.17) is 0 Å². The van der Waals surface area contributed by atoms with Crippen molar-refractivity contribution in [1.29, 1.82) is 0 Å². The van der Waals surface area contributed by atoms with Crippen molar-refractivity contribution < 1.29 is 117 Å². The summed E-state index contributed by atoms with van der Waals surface area (Å²) in [6.07, 6.45) is -25.1. The Morgan fingerprint density at radius 2 is 0.879 bits per heavy atom. The number of halogens is 17. The van der Waals surface area contributed by atoms with Gasteiger partial charge in [0.2, 0.25) is 6.17 Å². The van der Waals surface area contributed by atoms with Crippen molar-refractivity contribution >= 4 is 10.1 Å². The Bertz CT molecular complexity index is 759. The summed E-state index contributed by atoms with van der Waals surface area (Å²) in [6.45, 7) is 0. The van der Waals surface area contributed by atoms with E-state index in [-0.39, 0.29) is 29.6 Å². The third-order valence-electron chi connectivity index (χ3n) is 3.64. The van der Waals surface area contributed by atoms with Crippen LogP contribution in [0.4, 0.5) is 74.6 Å². The molecule has 0 amide bonds. The maximum absolute atomic E-state index is 13.4. The van der Waals surface area contributed by atoms with Crippen LogP contribution in [0.3, 0.4) is 0 Å². The maximum Gasteiger partial charge on any atom is 1.00 e. The topological polar surface area (TPSA) is 57.2 Å². The summed E-state index contributed by atoms with van der Waals surface area (Å²) in [5.74, 6) is -40.4. The maximum atomic E-state index is 13.4. The molecule has 0 aliphatic heterocycles. The Kier molecular flexibility index (Phi) is 11.0. The molecule has 0 saturated carbocycles. The smallest absolute Gasteiger partial charge is 0.746 e. The summed E-state index contributed by atoms with van der Waals surface area (Å²) in [4.78, 5) is 0. The summed E-state index contributed by atoms with van der Waals surface area (Å²) in [7, 11) is -7.35. The summed E-state index contributed by atoms with van der Waals surface area (Å²) in [6, 6.07) is 0. The quantitative estimate of drug-likeness (QED) is 0.218. The molecule has 0 aliphatic rings. The second kappa shape index (κ2) is 10.4. The number of alkyl halides is 17. The van der Waals surface area contributed by atoms with Crippen LogP contribution in [0.25, 0.3) is 0 Å². The van der Waals surface area contributed by atoms with Crippen LogP contribution in [0, 0.1) is 0 Å². The van der Waals surface area contributed by atoms with Gasteiger partial charge in [-0.05, 0) is 0 Å². The third-order valence-corrected chi connectivity index (χ3v) is 4.44. The fourth-order valence-corrected chi connectivity index (χ4v) is 2.30. The van der Waals surface area contributed by atoms with Gasteiger partial charge in [-0.3, -0.25) is 0 Å². The molecule has 0 saturated heterocycles. The average molecular weight is 564 g/mol. The van der Waals surface area contributed by atoms with E-state index >= 15 is 0 Å². The zero-order valence-corrected chi connectivity index (χ0v) is 17.8. The molecule has 0 N–H and O–H groups in total. The molecule has 0 aromatic rings. The van der Waals surface area contributed by atoms with E-state index in [2.05, 4.69) is 0 Å². The molecule has 0 fully saturated rings. The minimum absolute atomic E-state index is 0. The molecule has 3 nitrogen and oxygen atoms in total. The molecule has 5 unspecified atom stereocenters. The zero-order chi connectivity index (χ0) is 26.5. The standard InChI is InChI=1S/C11H7F17O3S.Na/c12-1(3(14)5(16)17)2(13)4(15)7(19,20)9(23,24)11(27,28)10(25,26)8(21,22)6(18)32(29,30)31;/h1-6H,(H,29,30,31);/q;+1/p-1. The Morgan fingerprint density at radius 3 is 1.18 bits per heavy atom. The normalized spacial score (nSPS) is 19.5. The molecule has 0 aromatic heterocycles. The Labute approximate surface area is 193 Å². The van der Waals surface area contributed by atoms with Crippen LogP contribution in [-0.4, -0.2) is 79.2 Å². The summed E-state index contributed by atoms with van der Waals surface area (Å²) in [5, 5.41) is 0. The van der Waals surface area contributed by atoms with Gasteiger partial charge in [0, 0.05) is 0 Å². The van der Waals surface area contributed by atoms with Crippen LogP contribution in [-0.2, 0) is 10.1 Å². The van der Waals surface area contributed by atoms with Gasteiger partial charge in [0.25, 0.3) is 11.9 Å². The fourth-order valence-electron chi connectivity index (χ4n) is 1.79. The fraction of sp³-hybridized carbons (Fsp3) is 1.00. The Balaban J connectivity index is 0. The molecule has 0 bridgehead atoms. The zero-order valence-electron chi connectivity index (χ0n) is 15.0. The Morgan fingerprint density at radius 1 is 0.545 bits per heavy atom. The van der Waals surface area contributed by atoms with Crippen molar-refractivity contribution in [2.45, 2.75) is 66.2 Å². The summed E-state index contributed by atoms with van der Waals surface area (Å²) in [5.41, 5.74) is -5.97. The van der Waals surface area contributed by atoms with Crippen molar-refractivity contribution in [3.63, 3.8) is 0 Å². The van der Waals surface area contributed by atoms with Gasteiger partial charge in [-0.2, -0.15) is 43.9 Å². The SMILES string of the molecule is O=S(=O)([O-])C(F)C(F)(F)C(F)(F)C(F)(F)C(F)(F)C(F)(F)C(F)C(F)C(F)C(F)C(F)F.[Na+]. The minimum Gasteiger partial charge on any atom is -0.746 e. The van der Waals surface area contributed by atoms with Gasteiger partial charge in [-0.1, -0.05) is 0 Å². The van der Waals surface area contributed by atoms with Crippen molar-refractivity contribution in [3.05, 3.63) is 0 Å². The molecule has 0 radical (unpaired) electrons. The summed E-state index contributed by atoms with van der Waals surface area (Å²) >= 11 is 0. The molecule has 33 heavy (non-hydrogen) atoms. The van der Waals surface area contributed by atoms with E-state index in [0.29, 0.717) is 0 Å². The van der Waals surface area contributed by atoms with Gasteiger partial charge >= 0.3 is 59.2 Å². The molecule has 22 heteroatoms. The van der Waals surface area contributed by atoms with E-state index in [1.54, 1.807) is 0 Å². The van der Waals surface area contributed by atoms with Crippen LogP contribution in [0.1, 0.15) is 0 Å². The van der Waals surface area contributed by atoms with Crippen LogP contribution in [0.15, 0.2) is 0 Å². The van der Waals surface area contributed by atoms with E-state index in [1.807, 2.05) is 0 Å². The predicted molar refractivity (Wildman–Crippen MR) is 64.9 cm³/mol. The van der Waals surface area contributed by atoms with Crippen LogP contribution in [0.2, 0.25) is 0 Å². The van der Waals surface area contributed by atoms with Gasteiger partial charge in [-0.15, -0.1) is 0 Å². The first-order valence-electron chi connectivity index (χ1n) is 7.06. The van der Waals surface area contributed by atoms with Gasteiger partial charge in [0.15, 0.2) is 18.5 Å². The van der Waals surface area contributed by atoms with Crippen LogP contribution >= 0.6 is 0 Å². The second-order valence-electron chi connectivity index (χ2n) is 5.85. The second-order valence-corrected chi connectivity index (χ2v) is 7.25. The summed E-state index contributed by atoms with van der Waals surface area (Å²) < 4.78 is 251. The minimum atomic E-state index is -8.43. The largest absolute Gasteiger partial charge is 1.00 e. The first-order chi connectivity index (χ1) is 13.7. The van der Waals surface area contributed by atoms with Gasteiger partial charge in [0.05, 0.1) is 0 Å². The monoisotopic (exact) mass is 564 g/mol. The molecule has 0 rings (SSSR count). The van der Waals surface area contributed by atoms with Gasteiger partial charge in [-0.25, -0.2) is 39.2 Å². The van der Waals surface area contributed by atoms with Crippen molar-refractivity contribution in [1.82, 2.24) is 0 Å². The molecular weight excluding hydrogens is 558 g/mol. The molecule has 0 heterocycles. The molecule has 194 valence electrons. The molecule has 0 aromatic carbocycles. The first-order valence-corrected chi connectivity index (χ1v) is 8.54. The van der Waals surface area contributed by atoms with Crippen LogP contribution in [0.5, 0.6) is 0 Å². The van der Waals surface area contributed by atoms with Crippen molar-refractivity contribution in [2.24, 2.45) is 0 Å². The molecule has 5 atom stereocenters. The van der Waals surface area contributed by atoms with E-state index in [0.717, 1.165) is 0 Å². The first kappa shape index (κ1) is 34.9. The van der Waals surface area contributed by atoms with Crippen LogP contribution < -0.4 is 29.6 Å². The third kappa shape index (κ3) is 5.76. The van der Waals surface area contributed by atoms with E-state index < -0.39 is 76.3 Å². The number of rotatable bonds is 11. The molecule has 0 aliphatic carbocycles. The van der Waals surface area contributed by atoms with E-state index in [1.165, 1.54) is 0 Å². The van der Waals surface area contributed by atoms with Gasteiger partial charge in [0.1, 0.15) is 10.1 Å². The Hall–Kier alpha value is -0.280. The average Bonchev–Trinajstić information content (AvgIpc) is 2.63. The van der Waals surface area contributed by atoms with Crippen molar-refractivity contribution in [3.8, 4) is 0 Å². The molecular formula is C11H6F17NaO3S. The predicted octanol–water partition coefficient (Wildman–Crippen LogP) is 1.63. The molecule has 0 spiro atoms. The van der Waals surface area contributed by atoms with Crippen molar-refractivity contribution in [2.75, 3.05) is 0 Å². The van der Waals surface area contributed by atoms with E-state index in [9.17, 15) is 87.6 Å². The number of hydrogen-bond donors (Lipinski definition) is 0. The number of hydrogen-bond acceptors (Lipinski definition) is 3.